The van der Waals surface area contributed by atoms with E-state index in [9.17, 15) is 9.18 Å². The molecule has 5 rings (SSSR count). The lowest BCUT2D eigenvalue weighted by Gasteiger charge is -2.35. The number of aryl methyl sites for hydroxylation is 1. The van der Waals surface area contributed by atoms with Crippen LogP contribution in [0.2, 0.25) is 0 Å². The van der Waals surface area contributed by atoms with Crippen molar-refractivity contribution >= 4 is 5.91 Å². The first-order chi connectivity index (χ1) is 14.6. The second-order valence-corrected chi connectivity index (χ2v) is 8.07. The van der Waals surface area contributed by atoms with Crippen molar-refractivity contribution in [3.63, 3.8) is 0 Å². The molecule has 0 N–H and O–H groups in total. The van der Waals surface area contributed by atoms with Crippen molar-refractivity contribution in [2.24, 2.45) is 0 Å². The lowest BCUT2D eigenvalue weighted by Crippen LogP contribution is -2.49. The van der Waals surface area contributed by atoms with Gasteiger partial charge in [0.25, 0.3) is 5.91 Å². The van der Waals surface area contributed by atoms with E-state index < -0.39 is 5.82 Å². The first-order valence-electron chi connectivity index (χ1n) is 10.1. The zero-order valence-electron chi connectivity index (χ0n) is 16.7. The molecule has 2 aliphatic rings. The summed E-state index contributed by atoms with van der Waals surface area (Å²) >= 11 is 0. The van der Waals surface area contributed by atoms with Gasteiger partial charge in [0.1, 0.15) is 12.4 Å². The van der Waals surface area contributed by atoms with E-state index in [-0.39, 0.29) is 17.5 Å². The molecule has 0 radical (unpaired) electrons. The molecule has 0 aliphatic carbocycles. The molecular weight excluding hydrogens is 385 g/mol. The van der Waals surface area contributed by atoms with Gasteiger partial charge in [0, 0.05) is 12.1 Å². The predicted octanol–water partition coefficient (Wildman–Crippen LogP) is 3.33. The zero-order valence-corrected chi connectivity index (χ0v) is 16.7. The molecule has 7 nitrogen and oxygen atoms in total. The number of rotatable bonds is 5. The van der Waals surface area contributed by atoms with Gasteiger partial charge in [-0.15, -0.1) is 0 Å². The van der Waals surface area contributed by atoms with Crippen molar-refractivity contribution in [1.29, 1.82) is 0 Å². The molecule has 0 spiro atoms. The fraction of sp³-hybridized carbons (Fsp3) is 0.364. The van der Waals surface area contributed by atoms with E-state index in [0.29, 0.717) is 23.7 Å². The number of hydrogen-bond donors (Lipinski definition) is 0. The Morgan fingerprint density at radius 3 is 2.67 bits per heavy atom. The third kappa shape index (κ3) is 3.12. The number of carbonyl (C=O) groups is 1. The van der Waals surface area contributed by atoms with Gasteiger partial charge in [0.15, 0.2) is 0 Å². The number of ether oxygens (including phenoxy) is 1. The zero-order chi connectivity index (χ0) is 20.7. The standard InChI is InChI=1S/C22H22FN5O2/c1-15-2-4-19(28-25-10-11-26-28)18(12-15)21(29)27-17-6-8-22(27,9-7-17)14-30-20-5-3-16(23)13-24-20/h2-5,10-13,17H,6-9,14H2,1H3/t17-,22-. The van der Waals surface area contributed by atoms with Gasteiger partial charge < -0.3 is 9.64 Å². The maximum absolute atomic E-state index is 13.8. The van der Waals surface area contributed by atoms with E-state index in [1.807, 2.05) is 30.0 Å². The number of hydrogen-bond acceptors (Lipinski definition) is 5. The van der Waals surface area contributed by atoms with Crippen LogP contribution in [0.5, 0.6) is 5.88 Å². The number of pyridine rings is 1. The van der Waals surface area contributed by atoms with Gasteiger partial charge in [-0.1, -0.05) is 11.6 Å². The summed E-state index contributed by atoms with van der Waals surface area (Å²) in [5, 5.41) is 8.42. The molecule has 2 bridgehead atoms. The van der Waals surface area contributed by atoms with Crippen LogP contribution in [0.15, 0.2) is 48.9 Å². The van der Waals surface area contributed by atoms with Crippen molar-refractivity contribution in [1.82, 2.24) is 24.9 Å². The van der Waals surface area contributed by atoms with Crippen LogP contribution in [-0.4, -0.2) is 49.0 Å². The minimum atomic E-state index is -0.404. The molecule has 154 valence electrons. The minimum absolute atomic E-state index is 0.0262. The van der Waals surface area contributed by atoms with Crippen LogP contribution in [-0.2, 0) is 0 Å². The van der Waals surface area contributed by atoms with Crippen LogP contribution >= 0.6 is 0 Å². The fourth-order valence-electron chi connectivity index (χ4n) is 4.74. The Kier molecular flexibility index (Phi) is 4.49. The number of benzene rings is 1. The predicted molar refractivity (Wildman–Crippen MR) is 107 cm³/mol. The lowest BCUT2D eigenvalue weighted by molar-refractivity contribution is 0.0498. The Bertz CT molecular complexity index is 1060. The first-order valence-corrected chi connectivity index (χ1v) is 10.1. The molecule has 0 unspecified atom stereocenters. The van der Waals surface area contributed by atoms with Crippen molar-refractivity contribution in [2.75, 3.05) is 6.61 Å². The van der Waals surface area contributed by atoms with E-state index in [1.165, 1.54) is 16.9 Å². The van der Waals surface area contributed by atoms with Crippen LogP contribution in [0.1, 0.15) is 41.6 Å². The monoisotopic (exact) mass is 407 g/mol. The van der Waals surface area contributed by atoms with Gasteiger partial charge in [-0.3, -0.25) is 4.79 Å². The highest BCUT2D eigenvalue weighted by atomic mass is 19.1. The maximum Gasteiger partial charge on any atom is 0.256 e. The fourth-order valence-corrected chi connectivity index (χ4v) is 4.74. The van der Waals surface area contributed by atoms with Gasteiger partial charge in [0.2, 0.25) is 5.88 Å². The molecule has 0 saturated carbocycles. The molecule has 4 heterocycles. The number of amides is 1. The average Bonchev–Trinajstić information content (AvgIpc) is 3.49. The summed E-state index contributed by atoms with van der Waals surface area (Å²) in [6, 6.07) is 8.77. The molecule has 1 amide bonds. The number of halogens is 1. The normalized spacial score (nSPS) is 22.5. The van der Waals surface area contributed by atoms with Gasteiger partial charge >= 0.3 is 0 Å². The summed E-state index contributed by atoms with van der Waals surface area (Å²) in [7, 11) is 0. The summed E-state index contributed by atoms with van der Waals surface area (Å²) in [5.74, 6) is -0.0644. The molecular formula is C22H22FN5O2. The molecule has 2 fully saturated rings. The van der Waals surface area contributed by atoms with Crippen LogP contribution in [0.25, 0.3) is 5.69 Å². The summed E-state index contributed by atoms with van der Waals surface area (Å²) in [5.41, 5.74) is 1.88. The number of fused-ring (bicyclic) bond motifs is 2. The molecule has 1 aromatic carbocycles. The van der Waals surface area contributed by atoms with E-state index in [0.717, 1.165) is 37.4 Å². The third-order valence-electron chi connectivity index (χ3n) is 6.19. The Balaban J connectivity index is 1.45. The second kappa shape index (κ2) is 7.19. The molecule has 2 aliphatic heterocycles. The van der Waals surface area contributed by atoms with Crippen molar-refractivity contribution in [3.8, 4) is 11.6 Å². The van der Waals surface area contributed by atoms with Crippen LogP contribution < -0.4 is 4.74 Å². The molecule has 2 aromatic heterocycles. The van der Waals surface area contributed by atoms with Gasteiger partial charge in [-0.05, 0) is 50.8 Å². The summed E-state index contributed by atoms with van der Waals surface area (Å²) < 4.78 is 19.0. The Morgan fingerprint density at radius 2 is 1.97 bits per heavy atom. The largest absolute Gasteiger partial charge is 0.475 e. The van der Waals surface area contributed by atoms with Gasteiger partial charge in [-0.25, -0.2) is 9.37 Å². The minimum Gasteiger partial charge on any atom is -0.475 e. The summed E-state index contributed by atoms with van der Waals surface area (Å²) in [6.45, 7) is 2.31. The van der Waals surface area contributed by atoms with E-state index in [1.54, 1.807) is 12.4 Å². The lowest BCUT2D eigenvalue weighted by atomic mass is 9.88. The highest BCUT2D eigenvalue weighted by molar-refractivity contribution is 5.99. The average molecular weight is 407 g/mol. The summed E-state index contributed by atoms with van der Waals surface area (Å²) in [6.07, 6.45) is 7.99. The Hall–Kier alpha value is -3.29. The molecule has 3 aromatic rings. The molecule has 8 heteroatoms. The highest BCUT2D eigenvalue weighted by Gasteiger charge is 2.54. The second-order valence-electron chi connectivity index (χ2n) is 8.07. The molecule has 30 heavy (non-hydrogen) atoms. The Labute approximate surface area is 173 Å². The van der Waals surface area contributed by atoms with Crippen LogP contribution in [0.4, 0.5) is 4.39 Å². The highest BCUT2D eigenvalue weighted by Crippen LogP contribution is 2.47. The Morgan fingerprint density at radius 1 is 1.20 bits per heavy atom. The van der Waals surface area contributed by atoms with Crippen molar-refractivity contribution < 1.29 is 13.9 Å². The number of aromatic nitrogens is 4. The molecule has 2 saturated heterocycles. The topological polar surface area (TPSA) is 73.1 Å². The summed E-state index contributed by atoms with van der Waals surface area (Å²) in [4.78, 5) is 21.2. The quantitative estimate of drug-likeness (QED) is 0.649. The third-order valence-corrected chi connectivity index (χ3v) is 6.19. The van der Waals surface area contributed by atoms with Crippen molar-refractivity contribution in [2.45, 2.75) is 44.2 Å². The van der Waals surface area contributed by atoms with Crippen LogP contribution in [0, 0.1) is 12.7 Å². The van der Waals surface area contributed by atoms with E-state index in [4.69, 9.17) is 4.74 Å². The number of nitrogens with zero attached hydrogens (tertiary/aromatic N) is 5. The maximum atomic E-state index is 13.8. The van der Waals surface area contributed by atoms with E-state index in [2.05, 4.69) is 15.2 Å². The first kappa shape index (κ1) is 18.7. The van der Waals surface area contributed by atoms with Gasteiger partial charge in [-0.2, -0.15) is 15.0 Å². The van der Waals surface area contributed by atoms with Gasteiger partial charge in [0.05, 0.1) is 35.4 Å². The van der Waals surface area contributed by atoms with E-state index >= 15 is 0 Å². The number of carbonyl (C=O) groups excluding carboxylic acids is 1. The SMILES string of the molecule is Cc1ccc(-n2nccn2)c(C(=O)N2[C@H]3CC[C@@]2(COc2ccc(F)cn2)CC3)c1. The molecule has 0 atom stereocenters. The smallest absolute Gasteiger partial charge is 0.256 e. The van der Waals surface area contributed by atoms with Crippen molar-refractivity contribution in [3.05, 3.63) is 65.9 Å². The van der Waals surface area contributed by atoms with Crippen LogP contribution in [0.3, 0.4) is 0 Å².